The number of hydrogen-bond acceptors (Lipinski definition) is 3. The monoisotopic (exact) mass is 190 g/mol. The second kappa shape index (κ2) is 3.38. The lowest BCUT2D eigenvalue weighted by Crippen LogP contribution is -2.16. The average Bonchev–Trinajstić information content (AvgIpc) is 2.56. The van der Waals surface area contributed by atoms with Gasteiger partial charge in [0.25, 0.3) is 0 Å². The van der Waals surface area contributed by atoms with E-state index in [1.807, 2.05) is 26.2 Å². The van der Waals surface area contributed by atoms with Gasteiger partial charge in [0, 0.05) is 13.2 Å². The molecular formula is C10H14N4. The minimum Gasteiger partial charge on any atom is -0.328 e. The summed E-state index contributed by atoms with van der Waals surface area (Å²) >= 11 is 0. The molecule has 2 rings (SSSR count). The fourth-order valence-corrected chi connectivity index (χ4v) is 1.56. The van der Waals surface area contributed by atoms with Gasteiger partial charge in [0.05, 0.1) is 11.6 Å². The fourth-order valence-electron chi connectivity index (χ4n) is 1.56. The highest BCUT2D eigenvalue weighted by atomic mass is 15.1. The molecule has 14 heavy (non-hydrogen) atoms. The van der Waals surface area contributed by atoms with Crippen molar-refractivity contribution < 1.29 is 0 Å². The van der Waals surface area contributed by atoms with Crippen molar-refractivity contribution in [1.82, 2.24) is 19.9 Å². The third-order valence-electron chi connectivity index (χ3n) is 2.51. The molecule has 74 valence electrons. The number of aromatic nitrogens is 3. The molecule has 0 aliphatic heterocycles. The molecular weight excluding hydrogens is 176 g/mol. The first-order valence-electron chi connectivity index (χ1n) is 4.68. The molecule has 0 aliphatic rings. The molecule has 0 saturated heterocycles. The Labute approximate surface area is 83.0 Å². The van der Waals surface area contributed by atoms with Gasteiger partial charge in [-0.2, -0.15) is 0 Å². The number of aryl methyl sites for hydroxylation is 1. The maximum atomic E-state index is 4.47. The van der Waals surface area contributed by atoms with Crippen LogP contribution in [0.3, 0.4) is 0 Å². The molecule has 2 aromatic heterocycles. The number of nitrogens with one attached hydrogen (secondary N) is 1. The molecule has 0 fully saturated rings. The van der Waals surface area contributed by atoms with E-state index in [1.54, 1.807) is 6.20 Å². The second-order valence-corrected chi connectivity index (χ2v) is 3.39. The van der Waals surface area contributed by atoms with E-state index in [0.717, 1.165) is 17.0 Å². The van der Waals surface area contributed by atoms with Crippen molar-refractivity contribution in [3.63, 3.8) is 0 Å². The number of hydrogen-bond donors (Lipinski definition) is 1. The van der Waals surface area contributed by atoms with Crippen molar-refractivity contribution in [2.24, 2.45) is 7.05 Å². The van der Waals surface area contributed by atoms with Gasteiger partial charge < -0.3 is 9.88 Å². The highest BCUT2D eigenvalue weighted by Gasteiger charge is 2.12. The summed E-state index contributed by atoms with van der Waals surface area (Å²) in [5.41, 5.74) is 1.89. The summed E-state index contributed by atoms with van der Waals surface area (Å²) in [6.07, 6.45) is 1.77. The van der Waals surface area contributed by atoms with Crippen LogP contribution in [0.25, 0.3) is 11.2 Å². The molecule has 0 aromatic carbocycles. The molecule has 4 nitrogen and oxygen atoms in total. The van der Waals surface area contributed by atoms with Crippen LogP contribution >= 0.6 is 0 Å². The van der Waals surface area contributed by atoms with Gasteiger partial charge in [-0.05, 0) is 26.1 Å². The first-order valence-corrected chi connectivity index (χ1v) is 4.68. The van der Waals surface area contributed by atoms with Crippen molar-refractivity contribution >= 4 is 11.2 Å². The molecule has 1 atom stereocenters. The largest absolute Gasteiger partial charge is 0.328 e. The van der Waals surface area contributed by atoms with E-state index in [0.29, 0.717) is 0 Å². The molecule has 4 heteroatoms. The van der Waals surface area contributed by atoms with Gasteiger partial charge in [-0.1, -0.05) is 0 Å². The predicted octanol–water partition coefficient (Wildman–Crippen LogP) is 1.25. The Balaban J connectivity index is 2.62. The number of nitrogens with zero attached hydrogens (tertiary/aromatic N) is 3. The van der Waals surface area contributed by atoms with E-state index in [1.165, 1.54) is 0 Å². The van der Waals surface area contributed by atoms with E-state index < -0.39 is 0 Å². The lowest BCUT2D eigenvalue weighted by atomic mass is 10.3. The fraction of sp³-hybridized carbons (Fsp3) is 0.400. The molecule has 2 heterocycles. The molecule has 0 aliphatic carbocycles. The Bertz CT molecular complexity index is 446. The van der Waals surface area contributed by atoms with Crippen LogP contribution in [-0.4, -0.2) is 21.6 Å². The topological polar surface area (TPSA) is 42.7 Å². The zero-order valence-electron chi connectivity index (χ0n) is 8.65. The Morgan fingerprint density at radius 1 is 1.50 bits per heavy atom. The SMILES string of the molecule is CNC(C)c1nc2ncccc2n1C. The summed E-state index contributed by atoms with van der Waals surface area (Å²) in [5, 5.41) is 3.17. The van der Waals surface area contributed by atoms with Gasteiger partial charge >= 0.3 is 0 Å². The molecule has 0 saturated carbocycles. The number of fused-ring (bicyclic) bond motifs is 1. The number of rotatable bonds is 2. The van der Waals surface area contributed by atoms with E-state index >= 15 is 0 Å². The second-order valence-electron chi connectivity index (χ2n) is 3.39. The van der Waals surface area contributed by atoms with Crippen LogP contribution in [-0.2, 0) is 7.05 Å². The van der Waals surface area contributed by atoms with Gasteiger partial charge in [0.1, 0.15) is 5.82 Å². The molecule has 0 amide bonds. The van der Waals surface area contributed by atoms with Gasteiger partial charge in [-0.3, -0.25) is 0 Å². The van der Waals surface area contributed by atoms with Crippen LogP contribution in [0.2, 0.25) is 0 Å². The number of pyridine rings is 1. The van der Waals surface area contributed by atoms with Crippen molar-refractivity contribution in [1.29, 1.82) is 0 Å². The third-order valence-corrected chi connectivity index (χ3v) is 2.51. The van der Waals surface area contributed by atoms with Crippen molar-refractivity contribution in [3.8, 4) is 0 Å². The minimum atomic E-state index is 0.245. The highest BCUT2D eigenvalue weighted by molar-refractivity contribution is 5.71. The summed E-state index contributed by atoms with van der Waals surface area (Å²) < 4.78 is 2.07. The summed E-state index contributed by atoms with van der Waals surface area (Å²) in [4.78, 5) is 8.69. The quantitative estimate of drug-likeness (QED) is 0.775. The summed E-state index contributed by atoms with van der Waals surface area (Å²) in [5.74, 6) is 1.02. The molecule has 1 N–H and O–H groups in total. The van der Waals surface area contributed by atoms with Gasteiger partial charge in [-0.25, -0.2) is 9.97 Å². The molecule has 0 radical (unpaired) electrons. The van der Waals surface area contributed by atoms with E-state index in [9.17, 15) is 0 Å². The van der Waals surface area contributed by atoms with Crippen molar-refractivity contribution in [2.75, 3.05) is 7.05 Å². The Morgan fingerprint density at radius 3 is 2.93 bits per heavy atom. The van der Waals surface area contributed by atoms with E-state index in [4.69, 9.17) is 0 Å². The normalized spacial score (nSPS) is 13.4. The third kappa shape index (κ3) is 1.28. The highest BCUT2D eigenvalue weighted by Crippen LogP contribution is 2.16. The first-order chi connectivity index (χ1) is 6.74. The van der Waals surface area contributed by atoms with Crippen LogP contribution in [0.4, 0.5) is 0 Å². The average molecular weight is 190 g/mol. The molecule has 1 unspecified atom stereocenters. The van der Waals surface area contributed by atoms with Crippen LogP contribution in [0.15, 0.2) is 18.3 Å². The Morgan fingerprint density at radius 2 is 2.29 bits per heavy atom. The minimum absolute atomic E-state index is 0.245. The maximum Gasteiger partial charge on any atom is 0.177 e. The lowest BCUT2D eigenvalue weighted by Gasteiger charge is -2.09. The van der Waals surface area contributed by atoms with E-state index in [-0.39, 0.29) is 6.04 Å². The lowest BCUT2D eigenvalue weighted by molar-refractivity contribution is 0.590. The smallest absolute Gasteiger partial charge is 0.177 e. The van der Waals surface area contributed by atoms with Crippen molar-refractivity contribution in [3.05, 3.63) is 24.2 Å². The Kier molecular flexibility index (Phi) is 2.21. The summed E-state index contributed by atoms with van der Waals surface area (Å²) in [6, 6.07) is 4.20. The zero-order chi connectivity index (χ0) is 10.1. The first kappa shape index (κ1) is 9.15. The Hall–Kier alpha value is -1.42. The van der Waals surface area contributed by atoms with Gasteiger partial charge in [0.15, 0.2) is 5.65 Å². The summed E-state index contributed by atoms with van der Waals surface area (Å²) in [7, 11) is 3.94. The number of imidazole rings is 1. The van der Waals surface area contributed by atoms with Gasteiger partial charge in [0.2, 0.25) is 0 Å². The maximum absolute atomic E-state index is 4.47. The van der Waals surface area contributed by atoms with Crippen LogP contribution in [0.5, 0.6) is 0 Å². The standard InChI is InChI=1S/C10H14N4/c1-7(11-2)10-13-9-8(14(10)3)5-4-6-12-9/h4-7,11H,1-3H3. The predicted molar refractivity (Wildman–Crippen MR) is 56.0 cm³/mol. The van der Waals surface area contributed by atoms with Crippen LogP contribution in [0, 0.1) is 0 Å². The van der Waals surface area contributed by atoms with Gasteiger partial charge in [-0.15, -0.1) is 0 Å². The van der Waals surface area contributed by atoms with Crippen molar-refractivity contribution in [2.45, 2.75) is 13.0 Å². The van der Waals surface area contributed by atoms with Crippen LogP contribution < -0.4 is 5.32 Å². The molecule has 0 bridgehead atoms. The summed E-state index contributed by atoms with van der Waals surface area (Å²) in [6.45, 7) is 2.08. The zero-order valence-corrected chi connectivity index (χ0v) is 8.65. The van der Waals surface area contributed by atoms with E-state index in [2.05, 4.69) is 26.8 Å². The van der Waals surface area contributed by atoms with Crippen LogP contribution in [0.1, 0.15) is 18.8 Å². The molecule has 2 aromatic rings. The molecule has 0 spiro atoms.